The van der Waals surface area contributed by atoms with Gasteiger partial charge in [0.25, 0.3) is 0 Å². The van der Waals surface area contributed by atoms with E-state index in [4.69, 9.17) is 0 Å². The van der Waals surface area contributed by atoms with Gasteiger partial charge in [-0.2, -0.15) is 0 Å². The van der Waals surface area contributed by atoms with Crippen LogP contribution in [0.4, 0.5) is 0 Å². The van der Waals surface area contributed by atoms with E-state index >= 15 is 0 Å². The summed E-state index contributed by atoms with van der Waals surface area (Å²) in [7, 11) is 0. The van der Waals surface area contributed by atoms with Crippen molar-refractivity contribution in [3.8, 4) is 0 Å². The first-order chi connectivity index (χ1) is 10.7. The molecule has 0 aliphatic heterocycles. The monoisotopic (exact) mass is 293 g/mol. The number of ketones is 1. The van der Waals surface area contributed by atoms with Crippen molar-refractivity contribution in [1.29, 1.82) is 0 Å². The quantitative estimate of drug-likeness (QED) is 0.727. The van der Waals surface area contributed by atoms with Gasteiger partial charge in [0, 0.05) is 40.9 Å². The van der Waals surface area contributed by atoms with Crippen molar-refractivity contribution in [1.82, 2.24) is 4.57 Å². The van der Waals surface area contributed by atoms with Gasteiger partial charge in [0.05, 0.1) is 0 Å². The van der Waals surface area contributed by atoms with E-state index in [1.165, 1.54) is 0 Å². The number of hydrogen-bond donors (Lipinski definition) is 1. The molecule has 3 nitrogen and oxygen atoms in total. The molecule has 0 spiro atoms. The Morgan fingerprint density at radius 2 is 1.77 bits per heavy atom. The number of benzene rings is 2. The molecular formula is C19H19NO2. The lowest BCUT2D eigenvalue weighted by Gasteiger charge is -2.13. The van der Waals surface area contributed by atoms with Crippen molar-refractivity contribution in [2.75, 3.05) is 6.61 Å². The predicted octanol–water partition coefficient (Wildman–Crippen LogP) is 3.82. The second-order valence-corrected chi connectivity index (χ2v) is 5.52. The summed E-state index contributed by atoms with van der Waals surface area (Å²) in [5.41, 5.74) is 2.44. The average Bonchev–Trinajstić information content (AvgIpc) is 2.95. The lowest BCUT2D eigenvalue weighted by Crippen LogP contribution is -2.06. The molecule has 0 bridgehead atoms. The van der Waals surface area contributed by atoms with Crippen LogP contribution in [-0.4, -0.2) is 22.1 Å². The fourth-order valence-electron chi connectivity index (χ4n) is 2.82. The topological polar surface area (TPSA) is 42.2 Å². The summed E-state index contributed by atoms with van der Waals surface area (Å²) in [4.78, 5) is 12.8. The SMILES string of the molecule is CC(CCO)n1cc(C(=O)c2ccccc2)c2ccccc21. The predicted molar refractivity (Wildman–Crippen MR) is 88.2 cm³/mol. The number of hydrogen-bond acceptors (Lipinski definition) is 2. The van der Waals surface area contributed by atoms with Gasteiger partial charge >= 0.3 is 0 Å². The van der Waals surface area contributed by atoms with Gasteiger partial charge in [0.1, 0.15) is 0 Å². The number of fused-ring (bicyclic) bond motifs is 1. The van der Waals surface area contributed by atoms with Gasteiger partial charge in [-0.3, -0.25) is 4.79 Å². The van der Waals surface area contributed by atoms with Crippen LogP contribution in [0, 0.1) is 0 Å². The van der Waals surface area contributed by atoms with E-state index < -0.39 is 0 Å². The van der Waals surface area contributed by atoms with Crippen LogP contribution in [0.2, 0.25) is 0 Å². The Balaban J connectivity index is 2.12. The maximum Gasteiger partial charge on any atom is 0.195 e. The Morgan fingerprint density at radius 1 is 1.09 bits per heavy atom. The third-order valence-corrected chi connectivity index (χ3v) is 4.04. The molecule has 1 unspecified atom stereocenters. The molecule has 0 aliphatic carbocycles. The van der Waals surface area contributed by atoms with E-state index in [0.717, 1.165) is 10.9 Å². The highest BCUT2D eigenvalue weighted by atomic mass is 16.3. The first-order valence-electron chi connectivity index (χ1n) is 7.52. The lowest BCUT2D eigenvalue weighted by atomic mass is 10.0. The summed E-state index contributed by atoms with van der Waals surface area (Å²) in [5, 5.41) is 10.1. The summed E-state index contributed by atoms with van der Waals surface area (Å²) < 4.78 is 2.09. The van der Waals surface area contributed by atoms with E-state index in [0.29, 0.717) is 17.5 Å². The van der Waals surface area contributed by atoms with Gasteiger partial charge in [-0.1, -0.05) is 48.5 Å². The Labute approximate surface area is 129 Å². The van der Waals surface area contributed by atoms with Crippen molar-refractivity contribution in [2.24, 2.45) is 0 Å². The van der Waals surface area contributed by atoms with Gasteiger partial charge in [-0.25, -0.2) is 0 Å². The van der Waals surface area contributed by atoms with Gasteiger partial charge < -0.3 is 9.67 Å². The second-order valence-electron chi connectivity index (χ2n) is 5.52. The zero-order chi connectivity index (χ0) is 15.5. The van der Waals surface area contributed by atoms with Crippen LogP contribution < -0.4 is 0 Å². The Bertz CT molecular complexity index is 790. The van der Waals surface area contributed by atoms with Crippen LogP contribution in [0.5, 0.6) is 0 Å². The first kappa shape index (κ1) is 14.5. The van der Waals surface area contributed by atoms with Crippen LogP contribution in [-0.2, 0) is 0 Å². The highest BCUT2D eigenvalue weighted by molar-refractivity contribution is 6.16. The van der Waals surface area contributed by atoms with Crippen LogP contribution in [0.3, 0.4) is 0 Å². The number of para-hydroxylation sites is 1. The maximum absolute atomic E-state index is 12.8. The van der Waals surface area contributed by atoms with Gasteiger partial charge in [0.15, 0.2) is 5.78 Å². The minimum absolute atomic E-state index is 0.0340. The summed E-state index contributed by atoms with van der Waals surface area (Å²) in [6.45, 7) is 2.19. The fraction of sp³-hybridized carbons (Fsp3) is 0.211. The van der Waals surface area contributed by atoms with Crippen LogP contribution in [0.1, 0.15) is 35.3 Å². The van der Waals surface area contributed by atoms with Crippen LogP contribution in [0.25, 0.3) is 10.9 Å². The molecule has 0 saturated carbocycles. The molecule has 3 aromatic rings. The molecule has 112 valence electrons. The molecule has 3 rings (SSSR count). The molecule has 0 aliphatic rings. The van der Waals surface area contributed by atoms with Crippen molar-refractivity contribution in [2.45, 2.75) is 19.4 Å². The molecule has 0 saturated heterocycles. The molecule has 1 N–H and O–H groups in total. The van der Waals surface area contributed by atoms with Crippen molar-refractivity contribution < 1.29 is 9.90 Å². The standard InChI is InChI=1S/C19H19NO2/c1-14(11-12-21)20-13-17(16-9-5-6-10-18(16)20)19(22)15-7-3-2-4-8-15/h2-10,13-14,21H,11-12H2,1H3. The van der Waals surface area contributed by atoms with Crippen molar-refractivity contribution in [3.63, 3.8) is 0 Å². The molecule has 2 aromatic carbocycles. The maximum atomic E-state index is 12.8. The van der Waals surface area contributed by atoms with Gasteiger partial charge in [0.2, 0.25) is 0 Å². The van der Waals surface area contributed by atoms with Gasteiger partial charge in [-0.05, 0) is 19.4 Å². The third-order valence-electron chi connectivity index (χ3n) is 4.04. The zero-order valence-corrected chi connectivity index (χ0v) is 12.6. The molecule has 1 aromatic heterocycles. The normalized spacial score (nSPS) is 12.5. The van der Waals surface area contributed by atoms with E-state index in [2.05, 4.69) is 11.5 Å². The number of carbonyl (C=O) groups is 1. The summed E-state index contributed by atoms with van der Waals surface area (Å²) in [5.74, 6) is 0.0340. The van der Waals surface area contributed by atoms with Crippen molar-refractivity contribution >= 4 is 16.7 Å². The molecule has 0 amide bonds. The van der Waals surface area contributed by atoms with Crippen molar-refractivity contribution in [3.05, 3.63) is 71.9 Å². The van der Waals surface area contributed by atoms with Gasteiger partial charge in [-0.15, -0.1) is 0 Å². The third kappa shape index (κ3) is 2.55. The Morgan fingerprint density at radius 3 is 2.50 bits per heavy atom. The van der Waals surface area contributed by atoms with E-state index in [9.17, 15) is 9.90 Å². The highest BCUT2D eigenvalue weighted by Crippen LogP contribution is 2.27. The summed E-state index contributed by atoms with van der Waals surface area (Å²) >= 11 is 0. The minimum atomic E-state index is 0.0340. The zero-order valence-electron chi connectivity index (χ0n) is 12.6. The van der Waals surface area contributed by atoms with E-state index in [-0.39, 0.29) is 18.4 Å². The lowest BCUT2D eigenvalue weighted by molar-refractivity contribution is 0.104. The number of carbonyl (C=O) groups excluding carboxylic acids is 1. The van der Waals surface area contributed by atoms with E-state index in [1.807, 2.05) is 60.8 Å². The van der Waals surface area contributed by atoms with E-state index in [1.54, 1.807) is 0 Å². The second kappa shape index (κ2) is 6.16. The summed E-state index contributed by atoms with van der Waals surface area (Å²) in [6.07, 6.45) is 2.58. The molecule has 22 heavy (non-hydrogen) atoms. The molecule has 0 radical (unpaired) electrons. The minimum Gasteiger partial charge on any atom is -0.396 e. The number of aliphatic hydroxyl groups excluding tert-OH is 1. The number of aliphatic hydroxyl groups is 1. The summed E-state index contributed by atoms with van der Waals surface area (Å²) in [6, 6.07) is 17.4. The Kier molecular flexibility index (Phi) is 4.07. The fourth-order valence-corrected chi connectivity index (χ4v) is 2.82. The average molecular weight is 293 g/mol. The molecule has 3 heteroatoms. The molecule has 1 atom stereocenters. The van der Waals surface area contributed by atoms with Crippen LogP contribution in [0.15, 0.2) is 60.8 Å². The first-order valence-corrected chi connectivity index (χ1v) is 7.52. The number of nitrogens with zero attached hydrogens (tertiary/aromatic N) is 1. The smallest absolute Gasteiger partial charge is 0.195 e. The molecule has 0 fully saturated rings. The largest absolute Gasteiger partial charge is 0.396 e. The molecule has 1 heterocycles. The number of rotatable bonds is 5. The molecular weight excluding hydrogens is 274 g/mol. The number of aromatic nitrogens is 1. The van der Waals surface area contributed by atoms with Crippen LogP contribution >= 0.6 is 0 Å². The Hall–Kier alpha value is -2.39. The highest BCUT2D eigenvalue weighted by Gasteiger charge is 2.18.